The zero-order valence-corrected chi connectivity index (χ0v) is 5.50. The summed E-state index contributed by atoms with van der Waals surface area (Å²) in [7, 11) is 0. The van der Waals surface area contributed by atoms with Gasteiger partial charge >= 0.3 is 5.97 Å². The third kappa shape index (κ3) is 3.08. The van der Waals surface area contributed by atoms with E-state index in [2.05, 4.69) is 0 Å². The molecule has 0 aromatic heterocycles. The van der Waals surface area contributed by atoms with Gasteiger partial charge in [0.25, 0.3) is 0 Å². The Kier molecular flexibility index (Phi) is 4.05. The van der Waals surface area contributed by atoms with Gasteiger partial charge in [0, 0.05) is 6.61 Å². The molecule has 2 N–H and O–H groups in total. The first-order valence-corrected chi connectivity index (χ1v) is 3.06. The van der Waals surface area contributed by atoms with Gasteiger partial charge in [-0.25, -0.2) is 0 Å². The number of aliphatic carboxylic acids is 1. The molecule has 0 amide bonds. The molecule has 0 saturated heterocycles. The van der Waals surface area contributed by atoms with Crippen LogP contribution in [0.25, 0.3) is 0 Å². The molecule has 0 radical (unpaired) electrons. The zero-order valence-electron chi connectivity index (χ0n) is 5.50. The van der Waals surface area contributed by atoms with Crippen LogP contribution in [0.4, 0.5) is 0 Å². The minimum atomic E-state index is -0.813. The molecule has 0 aliphatic heterocycles. The molecule has 0 spiro atoms. The molecule has 9 heavy (non-hydrogen) atoms. The Morgan fingerprint density at radius 2 is 2.22 bits per heavy atom. The summed E-state index contributed by atoms with van der Waals surface area (Å²) in [5, 5.41) is 16.7. The maximum Gasteiger partial charge on any atom is 0.306 e. The third-order valence-corrected chi connectivity index (χ3v) is 1.32. The summed E-state index contributed by atoms with van der Waals surface area (Å²) in [5.41, 5.74) is 0. The lowest BCUT2D eigenvalue weighted by molar-refractivity contribution is -0.142. The Hall–Kier alpha value is -0.570. The van der Waals surface area contributed by atoms with Crippen LogP contribution in [0.1, 0.15) is 19.8 Å². The molecule has 0 aliphatic rings. The summed E-state index contributed by atoms with van der Waals surface area (Å²) >= 11 is 0. The van der Waals surface area contributed by atoms with Gasteiger partial charge in [0.05, 0.1) is 5.92 Å². The van der Waals surface area contributed by atoms with Crippen molar-refractivity contribution < 1.29 is 15.0 Å². The Morgan fingerprint density at radius 1 is 1.67 bits per heavy atom. The first-order valence-electron chi connectivity index (χ1n) is 3.06. The molecule has 0 saturated carbocycles. The predicted octanol–water partition coefficient (Wildman–Crippen LogP) is 0.480. The highest BCUT2D eigenvalue weighted by molar-refractivity contribution is 5.69. The second kappa shape index (κ2) is 4.32. The number of hydrogen-bond acceptors (Lipinski definition) is 2. The van der Waals surface area contributed by atoms with Crippen molar-refractivity contribution in [2.75, 3.05) is 6.61 Å². The monoisotopic (exact) mass is 132 g/mol. The van der Waals surface area contributed by atoms with Crippen molar-refractivity contribution in [2.45, 2.75) is 19.8 Å². The fourth-order valence-electron chi connectivity index (χ4n) is 0.658. The lowest BCUT2D eigenvalue weighted by Crippen LogP contribution is -2.13. The lowest BCUT2D eigenvalue weighted by Gasteiger charge is -2.04. The molecule has 3 heteroatoms. The maximum absolute atomic E-state index is 10.2. The number of carbonyl (C=O) groups is 1. The first kappa shape index (κ1) is 8.43. The molecule has 1 unspecified atom stereocenters. The second-order valence-electron chi connectivity index (χ2n) is 1.96. The number of carboxylic acid groups (broad SMARTS) is 1. The summed E-state index contributed by atoms with van der Waals surface area (Å²) in [6, 6.07) is 0. The summed E-state index contributed by atoms with van der Waals surface area (Å²) < 4.78 is 0. The fraction of sp³-hybridized carbons (Fsp3) is 0.833. The van der Waals surface area contributed by atoms with Crippen LogP contribution in [0.3, 0.4) is 0 Å². The minimum Gasteiger partial charge on any atom is -0.481 e. The Morgan fingerprint density at radius 3 is 2.33 bits per heavy atom. The SMILES string of the molecule is CCC(CCO)C(=O)O. The molecule has 0 heterocycles. The molecule has 0 aliphatic carbocycles. The van der Waals surface area contributed by atoms with Crippen molar-refractivity contribution in [1.29, 1.82) is 0 Å². The molecular weight excluding hydrogens is 120 g/mol. The Labute approximate surface area is 54.3 Å². The normalized spacial score (nSPS) is 13.1. The molecule has 0 rings (SSSR count). The standard InChI is InChI=1S/C6H12O3/c1-2-5(3-4-7)6(8)9/h5,7H,2-4H2,1H3,(H,8,9). The number of hydrogen-bond donors (Lipinski definition) is 2. The molecule has 3 nitrogen and oxygen atoms in total. The molecule has 1 atom stereocenters. The van der Waals surface area contributed by atoms with E-state index >= 15 is 0 Å². The van der Waals surface area contributed by atoms with Crippen LogP contribution < -0.4 is 0 Å². The van der Waals surface area contributed by atoms with Gasteiger partial charge in [-0.3, -0.25) is 4.79 Å². The number of aliphatic hydroxyl groups is 1. The van der Waals surface area contributed by atoms with Crippen molar-refractivity contribution >= 4 is 5.97 Å². The average molecular weight is 132 g/mol. The lowest BCUT2D eigenvalue weighted by atomic mass is 10.0. The van der Waals surface area contributed by atoms with Crippen LogP contribution in [0, 0.1) is 5.92 Å². The zero-order chi connectivity index (χ0) is 7.28. The number of rotatable bonds is 4. The van der Waals surface area contributed by atoms with E-state index in [4.69, 9.17) is 10.2 Å². The van der Waals surface area contributed by atoms with Crippen molar-refractivity contribution in [3.05, 3.63) is 0 Å². The van der Waals surface area contributed by atoms with Crippen molar-refractivity contribution in [3.63, 3.8) is 0 Å². The van der Waals surface area contributed by atoms with E-state index in [0.717, 1.165) is 0 Å². The van der Waals surface area contributed by atoms with Gasteiger partial charge in [0.15, 0.2) is 0 Å². The van der Waals surface area contributed by atoms with E-state index < -0.39 is 5.97 Å². The minimum absolute atomic E-state index is 0.0369. The van der Waals surface area contributed by atoms with E-state index in [9.17, 15) is 4.79 Å². The molecule has 0 aromatic carbocycles. The van der Waals surface area contributed by atoms with E-state index in [-0.39, 0.29) is 12.5 Å². The van der Waals surface area contributed by atoms with Crippen molar-refractivity contribution in [1.82, 2.24) is 0 Å². The van der Waals surface area contributed by atoms with Crippen LogP contribution in [-0.2, 0) is 4.79 Å². The average Bonchev–Trinajstić information content (AvgIpc) is 1.82. The van der Waals surface area contributed by atoms with Crippen LogP contribution in [0.15, 0.2) is 0 Å². The Balaban J connectivity index is 3.54. The molecular formula is C6H12O3. The molecule has 0 bridgehead atoms. The van der Waals surface area contributed by atoms with Crippen molar-refractivity contribution in [3.8, 4) is 0 Å². The van der Waals surface area contributed by atoms with Gasteiger partial charge in [-0.2, -0.15) is 0 Å². The van der Waals surface area contributed by atoms with E-state index in [1.54, 1.807) is 6.92 Å². The summed E-state index contributed by atoms with van der Waals surface area (Å²) in [6.07, 6.45) is 0.960. The fourth-order valence-corrected chi connectivity index (χ4v) is 0.658. The number of aliphatic hydroxyl groups excluding tert-OH is 1. The van der Waals surface area contributed by atoms with Gasteiger partial charge in [0.2, 0.25) is 0 Å². The van der Waals surface area contributed by atoms with E-state index in [0.29, 0.717) is 12.8 Å². The molecule has 0 aromatic rings. The topological polar surface area (TPSA) is 57.5 Å². The van der Waals surface area contributed by atoms with Gasteiger partial charge in [-0.1, -0.05) is 6.92 Å². The van der Waals surface area contributed by atoms with Crippen molar-refractivity contribution in [2.24, 2.45) is 5.92 Å². The molecule has 0 fully saturated rings. The predicted molar refractivity (Wildman–Crippen MR) is 33.1 cm³/mol. The third-order valence-electron chi connectivity index (χ3n) is 1.32. The van der Waals surface area contributed by atoms with Crippen LogP contribution in [-0.4, -0.2) is 22.8 Å². The summed E-state index contributed by atoms with van der Waals surface area (Å²) in [4.78, 5) is 10.2. The smallest absolute Gasteiger partial charge is 0.306 e. The van der Waals surface area contributed by atoms with Gasteiger partial charge < -0.3 is 10.2 Å². The summed E-state index contributed by atoms with van der Waals surface area (Å²) in [5.74, 6) is -1.18. The highest BCUT2D eigenvalue weighted by Crippen LogP contribution is 2.06. The van der Waals surface area contributed by atoms with Gasteiger partial charge in [-0.15, -0.1) is 0 Å². The van der Waals surface area contributed by atoms with Gasteiger partial charge in [-0.05, 0) is 12.8 Å². The highest BCUT2D eigenvalue weighted by Gasteiger charge is 2.12. The van der Waals surface area contributed by atoms with E-state index in [1.807, 2.05) is 0 Å². The van der Waals surface area contributed by atoms with Crippen LogP contribution >= 0.6 is 0 Å². The highest BCUT2D eigenvalue weighted by atomic mass is 16.4. The maximum atomic E-state index is 10.2. The van der Waals surface area contributed by atoms with Gasteiger partial charge in [0.1, 0.15) is 0 Å². The second-order valence-corrected chi connectivity index (χ2v) is 1.96. The van der Waals surface area contributed by atoms with Crippen LogP contribution in [0.2, 0.25) is 0 Å². The Bertz CT molecular complexity index is 90.3. The summed E-state index contributed by atoms with van der Waals surface area (Å²) in [6.45, 7) is 1.76. The quantitative estimate of drug-likeness (QED) is 0.585. The molecule has 54 valence electrons. The largest absolute Gasteiger partial charge is 0.481 e. The first-order chi connectivity index (χ1) is 4.22. The number of carboxylic acids is 1. The van der Waals surface area contributed by atoms with E-state index in [1.165, 1.54) is 0 Å². The van der Waals surface area contributed by atoms with Crippen LogP contribution in [0.5, 0.6) is 0 Å².